The molecule has 0 spiro atoms. The Labute approximate surface area is 117 Å². The first-order chi connectivity index (χ1) is 8.38. The molecular weight excluding hydrogens is 244 g/mol. The van der Waals surface area contributed by atoms with Crippen LogP contribution in [0.15, 0.2) is 0 Å². The normalized spacial score (nSPS) is 21.8. The van der Waals surface area contributed by atoms with Crippen molar-refractivity contribution in [2.45, 2.75) is 51.4 Å². The molecule has 2 atom stereocenters. The van der Waals surface area contributed by atoms with E-state index in [2.05, 4.69) is 44.8 Å². The molecule has 0 aliphatic carbocycles. The molecule has 0 aromatic carbocycles. The summed E-state index contributed by atoms with van der Waals surface area (Å²) in [5.74, 6) is 1.18. The summed E-state index contributed by atoms with van der Waals surface area (Å²) >= 11 is 2.03. The van der Waals surface area contributed by atoms with Crippen LogP contribution in [0.1, 0.15) is 34.6 Å². The first-order valence-corrected chi connectivity index (χ1v) is 8.06. The second-order valence-electron chi connectivity index (χ2n) is 6.23. The van der Waals surface area contributed by atoms with Gasteiger partial charge in [-0.15, -0.1) is 0 Å². The smallest absolute Gasteiger partial charge is 0.0594 e. The van der Waals surface area contributed by atoms with Crippen molar-refractivity contribution in [3.05, 3.63) is 0 Å². The van der Waals surface area contributed by atoms with Crippen LogP contribution in [0.2, 0.25) is 0 Å². The van der Waals surface area contributed by atoms with Crippen LogP contribution in [-0.4, -0.2) is 60.3 Å². The molecule has 1 aliphatic heterocycles. The third-order valence-corrected chi connectivity index (χ3v) is 4.73. The summed E-state index contributed by atoms with van der Waals surface area (Å²) in [7, 11) is 0. The monoisotopic (exact) mass is 274 g/mol. The summed E-state index contributed by atoms with van der Waals surface area (Å²) in [6.07, 6.45) is 0. The number of hydrogen-bond acceptors (Lipinski definition) is 4. The van der Waals surface area contributed by atoms with E-state index < -0.39 is 0 Å². The molecule has 1 aliphatic rings. The minimum Gasteiger partial charge on any atom is -0.379 e. The first kappa shape index (κ1) is 16.3. The lowest BCUT2D eigenvalue weighted by atomic mass is 10.2. The van der Waals surface area contributed by atoms with Crippen LogP contribution in [0.3, 0.4) is 0 Å². The highest BCUT2D eigenvalue weighted by Crippen LogP contribution is 2.23. The van der Waals surface area contributed by atoms with Gasteiger partial charge in [0.05, 0.1) is 13.2 Å². The standard InChI is InChI=1S/C14H30N2OS/c1-12(11-18-14(3,4)5)15-10-13(2)16-6-8-17-9-7-16/h12-13,15H,6-11H2,1-5H3/t12-,13+/m0/s1. The molecular formula is C14H30N2OS. The van der Waals surface area contributed by atoms with Gasteiger partial charge in [0.1, 0.15) is 0 Å². The van der Waals surface area contributed by atoms with Gasteiger partial charge in [-0.3, -0.25) is 4.90 Å². The van der Waals surface area contributed by atoms with E-state index in [4.69, 9.17) is 4.74 Å². The Morgan fingerprint density at radius 1 is 1.22 bits per heavy atom. The van der Waals surface area contributed by atoms with Crippen molar-refractivity contribution in [1.82, 2.24) is 10.2 Å². The Morgan fingerprint density at radius 3 is 2.39 bits per heavy atom. The number of morpholine rings is 1. The molecule has 0 bridgehead atoms. The molecule has 3 nitrogen and oxygen atoms in total. The van der Waals surface area contributed by atoms with Gasteiger partial charge in [-0.05, 0) is 13.8 Å². The van der Waals surface area contributed by atoms with Gasteiger partial charge in [0.15, 0.2) is 0 Å². The second-order valence-corrected chi connectivity index (χ2v) is 8.08. The Kier molecular flexibility index (Phi) is 6.99. The maximum atomic E-state index is 5.39. The van der Waals surface area contributed by atoms with Crippen molar-refractivity contribution >= 4 is 11.8 Å². The lowest BCUT2D eigenvalue weighted by Crippen LogP contribution is -2.48. The van der Waals surface area contributed by atoms with E-state index in [0.29, 0.717) is 16.8 Å². The van der Waals surface area contributed by atoms with Crippen molar-refractivity contribution in [2.75, 3.05) is 38.6 Å². The maximum Gasteiger partial charge on any atom is 0.0594 e. The molecule has 0 aromatic heterocycles. The fraction of sp³-hybridized carbons (Fsp3) is 1.00. The van der Waals surface area contributed by atoms with E-state index in [0.717, 1.165) is 32.8 Å². The molecule has 0 saturated carbocycles. The minimum absolute atomic E-state index is 0.367. The van der Waals surface area contributed by atoms with E-state index in [9.17, 15) is 0 Å². The molecule has 0 unspecified atom stereocenters. The van der Waals surface area contributed by atoms with E-state index in [1.54, 1.807) is 0 Å². The quantitative estimate of drug-likeness (QED) is 0.803. The predicted octanol–water partition coefficient (Wildman–Crippen LogP) is 2.22. The van der Waals surface area contributed by atoms with Crippen molar-refractivity contribution in [3.63, 3.8) is 0 Å². The van der Waals surface area contributed by atoms with Gasteiger partial charge in [0.25, 0.3) is 0 Å². The largest absolute Gasteiger partial charge is 0.379 e. The number of ether oxygens (including phenoxy) is 1. The van der Waals surface area contributed by atoms with Crippen molar-refractivity contribution < 1.29 is 4.74 Å². The molecule has 0 amide bonds. The Bertz CT molecular complexity index is 224. The number of nitrogens with one attached hydrogen (secondary N) is 1. The fourth-order valence-electron chi connectivity index (χ4n) is 1.95. The van der Waals surface area contributed by atoms with Crippen molar-refractivity contribution in [2.24, 2.45) is 0 Å². The van der Waals surface area contributed by atoms with E-state index in [1.165, 1.54) is 5.75 Å². The Hall–Kier alpha value is 0.230. The molecule has 1 heterocycles. The molecule has 1 rings (SSSR count). The lowest BCUT2D eigenvalue weighted by Gasteiger charge is -2.33. The van der Waals surface area contributed by atoms with Gasteiger partial charge in [-0.25, -0.2) is 0 Å². The average molecular weight is 274 g/mol. The van der Waals surface area contributed by atoms with Gasteiger partial charge in [-0.2, -0.15) is 11.8 Å². The van der Waals surface area contributed by atoms with Crippen LogP contribution >= 0.6 is 11.8 Å². The Balaban J connectivity index is 2.14. The summed E-state index contributed by atoms with van der Waals surface area (Å²) < 4.78 is 5.75. The zero-order valence-electron chi connectivity index (χ0n) is 12.7. The van der Waals surface area contributed by atoms with E-state index >= 15 is 0 Å². The van der Waals surface area contributed by atoms with Crippen LogP contribution in [0, 0.1) is 0 Å². The summed E-state index contributed by atoms with van der Waals surface area (Å²) in [5.41, 5.74) is 0. The van der Waals surface area contributed by atoms with Crippen molar-refractivity contribution in [1.29, 1.82) is 0 Å². The molecule has 0 radical (unpaired) electrons. The molecule has 1 saturated heterocycles. The molecule has 4 heteroatoms. The molecule has 108 valence electrons. The predicted molar refractivity (Wildman–Crippen MR) is 81.5 cm³/mol. The second kappa shape index (κ2) is 7.73. The van der Waals surface area contributed by atoms with E-state index in [-0.39, 0.29) is 0 Å². The molecule has 18 heavy (non-hydrogen) atoms. The zero-order chi connectivity index (χ0) is 13.6. The Morgan fingerprint density at radius 2 is 1.83 bits per heavy atom. The average Bonchev–Trinajstić information content (AvgIpc) is 2.33. The summed E-state index contributed by atoms with van der Waals surface area (Å²) in [5, 5.41) is 3.65. The van der Waals surface area contributed by atoms with Gasteiger partial charge in [0.2, 0.25) is 0 Å². The zero-order valence-corrected chi connectivity index (χ0v) is 13.5. The van der Waals surface area contributed by atoms with Gasteiger partial charge >= 0.3 is 0 Å². The van der Waals surface area contributed by atoms with Crippen LogP contribution in [-0.2, 0) is 4.74 Å². The summed E-state index contributed by atoms with van der Waals surface area (Å²) in [4.78, 5) is 2.51. The third kappa shape index (κ3) is 6.98. The highest BCUT2D eigenvalue weighted by molar-refractivity contribution is 8.00. The SMILES string of the molecule is C[C@H](CN[C@@H](C)CSC(C)(C)C)N1CCOCC1. The minimum atomic E-state index is 0.367. The highest BCUT2D eigenvalue weighted by atomic mass is 32.2. The molecule has 1 fully saturated rings. The van der Waals surface area contributed by atoms with Gasteiger partial charge < -0.3 is 10.1 Å². The summed E-state index contributed by atoms with van der Waals surface area (Å²) in [6.45, 7) is 16.4. The number of rotatable bonds is 6. The molecule has 1 N–H and O–H groups in total. The molecule has 0 aromatic rings. The fourth-order valence-corrected chi connectivity index (χ4v) is 2.82. The topological polar surface area (TPSA) is 24.5 Å². The van der Waals surface area contributed by atoms with Gasteiger partial charge in [-0.1, -0.05) is 20.8 Å². The van der Waals surface area contributed by atoms with Crippen LogP contribution in [0.4, 0.5) is 0 Å². The van der Waals surface area contributed by atoms with E-state index in [1.807, 2.05) is 11.8 Å². The third-order valence-electron chi connectivity index (χ3n) is 3.20. The summed E-state index contributed by atoms with van der Waals surface area (Å²) in [6, 6.07) is 1.19. The van der Waals surface area contributed by atoms with Crippen molar-refractivity contribution in [3.8, 4) is 0 Å². The van der Waals surface area contributed by atoms with Gasteiger partial charge in [0, 0.05) is 42.2 Å². The highest BCUT2D eigenvalue weighted by Gasteiger charge is 2.18. The maximum absolute atomic E-state index is 5.39. The van der Waals surface area contributed by atoms with Crippen LogP contribution in [0.5, 0.6) is 0 Å². The lowest BCUT2D eigenvalue weighted by molar-refractivity contribution is 0.0201. The number of thioether (sulfide) groups is 1. The van der Waals surface area contributed by atoms with Crippen LogP contribution < -0.4 is 5.32 Å². The number of nitrogens with zero attached hydrogens (tertiary/aromatic N) is 1. The van der Waals surface area contributed by atoms with Crippen LogP contribution in [0.25, 0.3) is 0 Å². The first-order valence-electron chi connectivity index (χ1n) is 7.07. The number of hydrogen-bond donors (Lipinski definition) is 1.